The third-order valence-electron chi connectivity index (χ3n) is 3.11. The van der Waals surface area contributed by atoms with E-state index < -0.39 is 0 Å². The highest BCUT2D eigenvalue weighted by Crippen LogP contribution is 2.30. The van der Waals surface area contributed by atoms with Crippen LogP contribution in [0.4, 0.5) is 0 Å². The van der Waals surface area contributed by atoms with Crippen LogP contribution in [0.1, 0.15) is 10.4 Å². The number of halogens is 2. The van der Waals surface area contributed by atoms with Crippen molar-refractivity contribution in [3.05, 3.63) is 74.8 Å². The van der Waals surface area contributed by atoms with Crippen LogP contribution in [0, 0.1) is 3.57 Å². The Labute approximate surface area is 140 Å². The van der Waals surface area contributed by atoms with Gasteiger partial charge in [-0.3, -0.25) is 0 Å². The van der Waals surface area contributed by atoms with Crippen LogP contribution in [-0.2, 0) is 0 Å². The zero-order valence-electron chi connectivity index (χ0n) is 10.8. The van der Waals surface area contributed by atoms with E-state index in [4.69, 9.17) is 16.3 Å². The fourth-order valence-corrected chi connectivity index (χ4v) is 2.94. The van der Waals surface area contributed by atoms with Crippen molar-refractivity contribution in [1.29, 1.82) is 0 Å². The molecule has 3 rings (SSSR count). The van der Waals surface area contributed by atoms with Crippen LogP contribution < -0.4 is 4.74 Å². The summed E-state index contributed by atoms with van der Waals surface area (Å²) in [4.78, 5) is 12.1. The van der Waals surface area contributed by atoms with Crippen molar-refractivity contribution in [1.82, 2.24) is 0 Å². The smallest absolute Gasteiger partial charge is 0.343 e. The Morgan fingerprint density at radius 2 is 1.67 bits per heavy atom. The van der Waals surface area contributed by atoms with E-state index in [9.17, 15) is 4.79 Å². The lowest BCUT2D eigenvalue weighted by molar-refractivity contribution is 0.0733. The number of carbonyl (C=O) groups is 1. The molecule has 0 saturated carbocycles. The van der Waals surface area contributed by atoms with Gasteiger partial charge in [-0.2, -0.15) is 0 Å². The first-order valence-corrected chi connectivity index (χ1v) is 7.76. The van der Waals surface area contributed by atoms with Gasteiger partial charge in [0.2, 0.25) is 0 Å². The van der Waals surface area contributed by atoms with E-state index in [2.05, 4.69) is 22.6 Å². The van der Waals surface area contributed by atoms with Crippen LogP contribution in [0.2, 0.25) is 5.02 Å². The first kappa shape index (κ1) is 14.4. The normalized spacial score (nSPS) is 10.6. The molecule has 0 unspecified atom stereocenters. The molecule has 0 atom stereocenters. The van der Waals surface area contributed by atoms with Crippen molar-refractivity contribution in [3.8, 4) is 5.75 Å². The molecule has 0 amide bonds. The number of esters is 1. The maximum Gasteiger partial charge on any atom is 0.343 e. The minimum Gasteiger partial charge on any atom is -0.422 e. The molecular formula is C17H10ClIO2. The molecule has 0 aliphatic rings. The average molecular weight is 409 g/mol. The lowest BCUT2D eigenvalue weighted by atomic mass is 10.1. The first-order valence-electron chi connectivity index (χ1n) is 6.30. The quantitative estimate of drug-likeness (QED) is 0.326. The largest absolute Gasteiger partial charge is 0.422 e. The summed E-state index contributed by atoms with van der Waals surface area (Å²) < 4.78 is 6.41. The zero-order chi connectivity index (χ0) is 14.8. The van der Waals surface area contributed by atoms with Gasteiger partial charge in [0.05, 0.1) is 9.13 Å². The summed E-state index contributed by atoms with van der Waals surface area (Å²) in [6.45, 7) is 0. The molecule has 3 aromatic rings. The van der Waals surface area contributed by atoms with Gasteiger partial charge in [-0.05, 0) is 63.7 Å². The molecule has 0 aliphatic heterocycles. The van der Waals surface area contributed by atoms with Crippen molar-refractivity contribution in [2.45, 2.75) is 0 Å². The highest BCUT2D eigenvalue weighted by atomic mass is 127. The molecule has 3 aromatic carbocycles. The van der Waals surface area contributed by atoms with Crippen molar-refractivity contribution >= 4 is 50.9 Å². The fourth-order valence-electron chi connectivity index (χ4n) is 2.04. The molecule has 0 fully saturated rings. The van der Waals surface area contributed by atoms with Gasteiger partial charge >= 0.3 is 5.97 Å². The van der Waals surface area contributed by atoms with E-state index in [1.165, 1.54) is 0 Å². The lowest BCUT2D eigenvalue weighted by Gasteiger charge is -2.09. The SMILES string of the molecule is O=C(Oc1ccc2ccccc2c1I)c1ccc(Cl)cc1. The molecule has 2 nitrogen and oxygen atoms in total. The maximum absolute atomic E-state index is 12.1. The van der Waals surface area contributed by atoms with Crippen LogP contribution in [0.5, 0.6) is 5.75 Å². The predicted octanol–water partition coefficient (Wildman–Crippen LogP) is 5.32. The Kier molecular flexibility index (Phi) is 4.12. The molecule has 4 heteroatoms. The number of ether oxygens (including phenoxy) is 1. The molecular weight excluding hydrogens is 399 g/mol. The van der Waals surface area contributed by atoms with Crippen LogP contribution in [0.3, 0.4) is 0 Å². The van der Waals surface area contributed by atoms with E-state index >= 15 is 0 Å². The topological polar surface area (TPSA) is 26.3 Å². The molecule has 104 valence electrons. The zero-order valence-corrected chi connectivity index (χ0v) is 13.8. The Bertz CT molecular complexity index is 813. The van der Waals surface area contributed by atoms with Gasteiger partial charge in [-0.15, -0.1) is 0 Å². The van der Waals surface area contributed by atoms with E-state index in [1.54, 1.807) is 24.3 Å². The van der Waals surface area contributed by atoms with E-state index in [1.807, 2.05) is 36.4 Å². The number of hydrogen-bond donors (Lipinski definition) is 0. The van der Waals surface area contributed by atoms with Gasteiger partial charge in [0.15, 0.2) is 0 Å². The second-order valence-corrected chi connectivity index (χ2v) is 6.01. The summed E-state index contributed by atoms with van der Waals surface area (Å²) >= 11 is 8.01. The van der Waals surface area contributed by atoms with Crippen LogP contribution >= 0.6 is 34.2 Å². The summed E-state index contributed by atoms with van der Waals surface area (Å²) in [5.74, 6) is 0.175. The van der Waals surface area contributed by atoms with Crippen molar-refractivity contribution in [2.24, 2.45) is 0 Å². The van der Waals surface area contributed by atoms with Crippen molar-refractivity contribution < 1.29 is 9.53 Å². The van der Waals surface area contributed by atoms with Crippen LogP contribution in [0.25, 0.3) is 10.8 Å². The standard InChI is InChI=1S/C17H10ClIO2/c18-13-8-5-12(6-9-13)17(20)21-15-10-7-11-3-1-2-4-14(11)16(15)19/h1-10H. The second kappa shape index (κ2) is 6.03. The summed E-state index contributed by atoms with van der Waals surface area (Å²) in [6.07, 6.45) is 0. The molecule has 0 N–H and O–H groups in total. The summed E-state index contributed by atoms with van der Waals surface area (Å²) in [5.41, 5.74) is 0.475. The molecule has 0 heterocycles. The molecule has 21 heavy (non-hydrogen) atoms. The number of hydrogen-bond acceptors (Lipinski definition) is 2. The van der Waals surface area contributed by atoms with Gasteiger partial charge in [0, 0.05) is 5.02 Å². The number of rotatable bonds is 2. The summed E-state index contributed by atoms with van der Waals surface area (Å²) in [5, 5.41) is 2.78. The Morgan fingerprint density at radius 3 is 2.43 bits per heavy atom. The molecule has 0 aliphatic carbocycles. The third kappa shape index (κ3) is 3.04. The fraction of sp³-hybridized carbons (Fsp3) is 0. The monoisotopic (exact) mass is 408 g/mol. The first-order chi connectivity index (χ1) is 10.1. The predicted molar refractivity (Wildman–Crippen MR) is 93.1 cm³/mol. The van der Waals surface area contributed by atoms with Gasteiger partial charge in [-0.1, -0.05) is 41.9 Å². The highest BCUT2D eigenvalue weighted by Gasteiger charge is 2.12. The Hall–Kier alpha value is -1.59. The van der Waals surface area contributed by atoms with Gasteiger partial charge in [0.25, 0.3) is 0 Å². The number of fused-ring (bicyclic) bond motifs is 1. The summed E-state index contributed by atoms with van der Waals surface area (Å²) in [7, 11) is 0. The Morgan fingerprint density at radius 1 is 0.952 bits per heavy atom. The third-order valence-corrected chi connectivity index (χ3v) is 4.48. The van der Waals surface area contributed by atoms with Gasteiger partial charge < -0.3 is 4.74 Å². The molecule has 0 saturated heterocycles. The maximum atomic E-state index is 12.1. The highest BCUT2D eigenvalue weighted by molar-refractivity contribution is 14.1. The van der Waals surface area contributed by atoms with Gasteiger partial charge in [-0.25, -0.2) is 4.79 Å². The van der Waals surface area contributed by atoms with Crippen molar-refractivity contribution in [2.75, 3.05) is 0 Å². The van der Waals surface area contributed by atoms with E-state index in [0.717, 1.165) is 14.3 Å². The average Bonchev–Trinajstić information content (AvgIpc) is 2.51. The van der Waals surface area contributed by atoms with E-state index in [0.29, 0.717) is 16.3 Å². The minimum absolute atomic E-state index is 0.389. The lowest BCUT2D eigenvalue weighted by Crippen LogP contribution is -2.09. The van der Waals surface area contributed by atoms with Crippen molar-refractivity contribution in [3.63, 3.8) is 0 Å². The number of benzene rings is 3. The number of carbonyl (C=O) groups excluding carboxylic acids is 1. The molecule has 0 aromatic heterocycles. The molecule has 0 spiro atoms. The van der Waals surface area contributed by atoms with Crippen LogP contribution in [0.15, 0.2) is 60.7 Å². The Balaban J connectivity index is 1.93. The van der Waals surface area contributed by atoms with Gasteiger partial charge in [0.1, 0.15) is 5.75 Å². The van der Waals surface area contributed by atoms with E-state index in [-0.39, 0.29) is 5.97 Å². The van der Waals surface area contributed by atoms with Crippen LogP contribution in [-0.4, -0.2) is 5.97 Å². The molecule has 0 bridgehead atoms. The second-order valence-electron chi connectivity index (χ2n) is 4.50. The summed E-state index contributed by atoms with van der Waals surface area (Å²) in [6, 6.07) is 18.4. The minimum atomic E-state index is -0.389. The molecule has 0 radical (unpaired) electrons.